The molecule has 1 amide bonds. The average molecular weight is 283 g/mol. The minimum Gasteiger partial charge on any atom is -0.496 e. The topological polar surface area (TPSA) is 38.3 Å². The van der Waals surface area contributed by atoms with Crippen LogP contribution in [-0.2, 0) is 0 Å². The molecule has 0 saturated carbocycles. The molecule has 2 aromatic carbocycles. The Labute approximate surface area is 126 Å². The molecule has 1 unspecified atom stereocenters. The highest BCUT2D eigenvalue weighted by Crippen LogP contribution is 2.26. The molecule has 1 atom stereocenters. The molecule has 0 saturated heterocycles. The number of methoxy groups -OCH3 is 1. The zero-order valence-corrected chi connectivity index (χ0v) is 12.9. The Morgan fingerprint density at radius 1 is 1.05 bits per heavy atom. The molecule has 0 aliphatic carbocycles. The van der Waals surface area contributed by atoms with Crippen molar-refractivity contribution in [2.75, 3.05) is 7.11 Å². The van der Waals surface area contributed by atoms with E-state index >= 15 is 0 Å². The van der Waals surface area contributed by atoms with E-state index in [1.54, 1.807) is 7.11 Å². The maximum Gasteiger partial charge on any atom is 0.251 e. The number of aryl methyl sites for hydroxylation is 2. The molecule has 3 heteroatoms. The van der Waals surface area contributed by atoms with Gasteiger partial charge in [0.05, 0.1) is 13.2 Å². The van der Waals surface area contributed by atoms with Crippen molar-refractivity contribution in [1.82, 2.24) is 5.32 Å². The van der Waals surface area contributed by atoms with Crippen LogP contribution < -0.4 is 10.1 Å². The summed E-state index contributed by atoms with van der Waals surface area (Å²) in [5.41, 5.74) is 3.93. The van der Waals surface area contributed by atoms with Gasteiger partial charge in [0.25, 0.3) is 5.91 Å². The molecule has 21 heavy (non-hydrogen) atoms. The van der Waals surface area contributed by atoms with E-state index in [2.05, 4.69) is 5.32 Å². The third kappa shape index (κ3) is 3.63. The van der Waals surface area contributed by atoms with Crippen LogP contribution in [0.25, 0.3) is 0 Å². The van der Waals surface area contributed by atoms with Gasteiger partial charge in [0.1, 0.15) is 5.75 Å². The summed E-state index contributed by atoms with van der Waals surface area (Å²) in [7, 11) is 1.64. The first-order valence-corrected chi connectivity index (χ1v) is 7.03. The first-order valence-electron chi connectivity index (χ1n) is 7.03. The van der Waals surface area contributed by atoms with E-state index < -0.39 is 0 Å². The fraction of sp³-hybridized carbons (Fsp3) is 0.278. The molecule has 0 aliphatic heterocycles. The Morgan fingerprint density at radius 3 is 2.29 bits per heavy atom. The summed E-state index contributed by atoms with van der Waals surface area (Å²) in [6.45, 7) is 5.99. The minimum atomic E-state index is -0.117. The van der Waals surface area contributed by atoms with Crippen LogP contribution in [0.2, 0.25) is 0 Å². The second-order valence-corrected chi connectivity index (χ2v) is 5.31. The third-order valence-electron chi connectivity index (χ3n) is 3.51. The van der Waals surface area contributed by atoms with Crippen molar-refractivity contribution in [3.63, 3.8) is 0 Å². The van der Waals surface area contributed by atoms with Gasteiger partial charge in [0, 0.05) is 11.1 Å². The molecular formula is C18H21NO2. The predicted molar refractivity (Wildman–Crippen MR) is 84.8 cm³/mol. The number of benzene rings is 2. The summed E-state index contributed by atoms with van der Waals surface area (Å²) in [6, 6.07) is 13.4. The molecule has 3 nitrogen and oxygen atoms in total. The second-order valence-electron chi connectivity index (χ2n) is 5.31. The first kappa shape index (κ1) is 15.1. The van der Waals surface area contributed by atoms with Crippen molar-refractivity contribution in [3.8, 4) is 5.75 Å². The first-order chi connectivity index (χ1) is 10.0. The third-order valence-corrected chi connectivity index (χ3v) is 3.51. The monoisotopic (exact) mass is 283 g/mol. The van der Waals surface area contributed by atoms with Gasteiger partial charge in [-0.25, -0.2) is 0 Å². The van der Waals surface area contributed by atoms with Gasteiger partial charge in [-0.05, 0) is 39.0 Å². The average Bonchev–Trinajstić information content (AvgIpc) is 2.47. The van der Waals surface area contributed by atoms with Crippen molar-refractivity contribution < 1.29 is 9.53 Å². The fourth-order valence-electron chi connectivity index (χ4n) is 2.25. The van der Waals surface area contributed by atoms with Crippen molar-refractivity contribution in [3.05, 3.63) is 64.7 Å². The quantitative estimate of drug-likeness (QED) is 0.926. The van der Waals surface area contributed by atoms with E-state index in [0.29, 0.717) is 5.56 Å². The van der Waals surface area contributed by atoms with Crippen molar-refractivity contribution in [2.45, 2.75) is 26.8 Å². The van der Waals surface area contributed by atoms with Crippen LogP contribution in [0.3, 0.4) is 0 Å². The highest BCUT2D eigenvalue weighted by molar-refractivity contribution is 5.94. The van der Waals surface area contributed by atoms with Gasteiger partial charge < -0.3 is 10.1 Å². The van der Waals surface area contributed by atoms with Gasteiger partial charge >= 0.3 is 0 Å². The summed E-state index contributed by atoms with van der Waals surface area (Å²) in [6.07, 6.45) is 0. The number of amides is 1. The van der Waals surface area contributed by atoms with Gasteiger partial charge in [-0.1, -0.05) is 35.4 Å². The lowest BCUT2D eigenvalue weighted by Crippen LogP contribution is -2.27. The zero-order valence-electron chi connectivity index (χ0n) is 12.9. The predicted octanol–water partition coefficient (Wildman–Crippen LogP) is 3.80. The largest absolute Gasteiger partial charge is 0.496 e. The Bertz CT molecular complexity index is 632. The van der Waals surface area contributed by atoms with Gasteiger partial charge in [0.2, 0.25) is 0 Å². The van der Waals surface area contributed by atoms with Crippen LogP contribution >= 0.6 is 0 Å². The molecule has 2 rings (SSSR count). The SMILES string of the molecule is COc1ccc(C)cc1C(C)NC(=O)c1ccc(C)cc1. The van der Waals surface area contributed by atoms with Crippen LogP contribution in [0.4, 0.5) is 0 Å². The second kappa shape index (κ2) is 6.44. The van der Waals surface area contributed by atoms with Crippen LogP contribution in [-0.4, -0.2) is 13.0 Å². The zero-order chi connectivity index (χ0) is 15.4. The summed E-state index contributed by atoms with van der Waals surface area (Å²) < 4.78 is 5.37. The van der Waals surface area contributed by atoms with E-state index in [1.165, 1.54) is 0 Å². The molecule has 110 valence electrons. The number of hydrogen-bond acceptors (Lipinski definition) is 2. The number of nitrogens with one attached hydrogen (secondary N) is 1. The number of carbonyl (C=O) groups excluding carboxylic acids is 1. The Balaban J connectivity index is 2.17. The summed E-state index contributed by atoms with van der Waals surface area (Å²) in [5, 5.41) is 3.01. The van der Waals surface area contributed by atoms with Crippen LogP contribution in [0.5, 0.6) is 5.75 Å². The number of hydrogen-bond donors (Lipinski definition) is 1. The van der Waals surface area contributed by atoms with Crippen molar-refractivity contribution >= 4 is 5.91 Å². The highest BCUT2D eigenvalue weighted by Gasteiger charge is 2.15. The normalized spacial score (nSPS) is 11.8. The molecular weight excluding hydrogens is 262 g/mol. The summed E-state index contributed by atoms with van der Waals surface area (Å²) in [5.74, 6) is 0.711. The van der Waals surface area contributed by atoms with Gasteiger partial charge in [-0.3, -0.25) is 4.79 Å². The van der Waals surface area contributed by atoms with E-state index in [4.69, 9.17) is 4.74 Å². The smallest absolute Gasteiger partial charge is 0.251 e. The lowest BCUT2D eigenvalue weighted by Gasteiger charge is -2.18. The van der Waals surface area contributed by atoms with E-state index in [-0.39, 0.29) is 11.9 Å². The highest BCUT2D eigenvalue weighted by atomic mass is 16.5. The number of ether oxygens (including phenoxy) is 1. The maximum atomic E-state index is 12.3. The molecule has 0 aliphatic rings. The van der Waals surface area contributed by atoms with E-state index in [9.17, 15) is 4.79 Å². The molecule has 0 aromatic heterocycles. The lowest BCUT2D eigenvalue weighted by molar-refractivity contribution is 0.0939. The standard InChI is InChI=1S/C18H21NO2/c1-12-5-8-15(9-6-12)18(20)19-14(3)16-11-13(2)7-10-17(16)21-4/h5-11,14H,1-4H3,(H,19,20). The molecule has 0 fully saturated rings. The van der Waals surface area contributed by atoms with Crippen LogP contribution in [0, 0.1) is 13.8 Å². The summed E-state index contributed by atoms with van der Waals surface area (Å²) in [4.78, 5) is 12.3. The van der Waals surface area contributed by atoms with Gasteiger partial charge in [-0.2, -0.15) is 0 Å². The fourth-order valence-corrected chi connectivity index (χ4v) is 2.25. The molecule has 0 spiro atoms. The lowest BCUT2D eigenvalue weighted by atomic mass is 10.0. The molecule has 0 radical (unpaired) electrons. The summed E-state index contributed by atoms with van der Waals surface area (Å²) >= 11 is 0. The van der Waals surface area contributed by atoms with E-state index in [1.807, 2.05) is 63.2 Å². The number of carbonyl (C=O) groups is 1. The number of rotatable bonds is 4. The van der Waals surface area contributed by atoms with Crippen molar-refractivity contribution in [2.24, 2.45) is 0 Å². The van der Waals surface area contributed by atoms with Gasteiger partial charge in [0.15, 0.2) is 0 Å². The Kier molecular flexibility index (Phi) is 4.63. The molecule has 1 N–H and O–H groups in total. The Morgan fingerprint density at radius 2 is 1.67 bits per heavy atom. The molecule has 2 aromatic rings. The van der Waals surface area contributed by atoms with Gasteiger partial charge in [-0.15, -0.1) is 0 Å². The molecule has 0 bridgehead atoms. The van der Waals surface area contributed by atoms with Crippen molar-refractivity contribution in [1.29, 1.82) is 0 Å². The Hall–Kier alpha value is -2.29. The van der Waals surface area contributed by atoms with Crippen LogP contribution in [0.1, 0.15) is 40.0 Å². The maximum absolute atomic E-state index is 12.3. The molecule has 0 heterocycles. The van der Waals surface area contributed by atoms with Crippen LogP contribution in [0.15, 0.2) is 42.5 Å². The minimum absolute atomic E-state index is 0.0777. The van der Waals surface area contributed by atoms with E-state index in [0.717, 1.165) is 22.4 Å².